The van der Waals surface area contributed by atoms with E-state index in [-0.39, 0.29) is 47.1 Å². The topological polar surface area (TPSA) is 72.5 Å². The summed E-state index contributed by atoms with van der Waals surface area (Å²) in [7, 11) is 0. The zero-order valence-electron chi connectivity index (χ0n) is 21.1. The molecule has 5 heteroatoms. The molecule has 1 amide bonds. The molecule has 0 aromatic heterocycles. The monoisotopic (exact) mass is 475 g/mol. The molecule has 4 aliphatic carbocycles. The third-order valence-electron chi connectivity index (χ3n) is 9.78. The molecular weight excluding hydrogens is 438 g/mol. The fraction of sp³-hybridized carbons (Fsp3) is 0.567. The number of rotatable bonds is 5. The first-order valence-electron chi connectivity index (χ1n) is 13.2. The summed E-state index contributed by atoms with van der Waals surface area (Å²) in [5, 5.41) is 3.24. The molecule has 1 aromatic carbocycles. The van der Waals surface area contributed by atoms with Crippen molar-refractivity contribution in [2.45, 2.75) is 71.8 Å². The van der Waals surface area contributed by atoms with Crippen LogP contribution in [0.2, 0.25) is 0 Å². The molecular formula is C30H37NO4. The van der Waals surface area contributed by atoms with E-state index in [4.69, 9.17) is 4.74 Å². The van der Waals surface area contributed by atoms with Crippen molar-refractivity contribution in [1.29, 1.82) is 0 Å². The number of ketones is 1. The van der Waals surface area contributed by atoms with Crippen LogP contribution in [0.1, 0.15) is 76.1 Å². The molecule has 35 heavy (non-hydrogen) atoms. The molecule has 0 spiro atoms. The first kappa shape index (κ1) is 24.0. The summed E-state index contributed by atoms with van der Waals surface area (Å²) in [6, 6.07) is 9.03. The number of nitrogens with one attached hydrogen (secondary N) is 1. The summed E-state index contributed by atoms with van der Waals surface area (Å²) in [6.45, 7) is 6.39. The molecule has 6 atom stereocenters. The number of benzene rings is 1. The maximum Gasteiger partial charge on any atom is 0.302 e. The van der Waals surface area contributed by atoms with Gasteiger partial charge in [0.05, 0.1) is 6.04 Å². The van der Waals surface area contributed by atoms with Gasteiger partial charge in [-0.25, -0.2) is 0 Å². The van der Waals surface area contributed by atoms with Crippen molar-refractivity contribution < 1.29 is 19.1 Å². The second-order valence-corrected chi connectivity index (χ2v) is 11.5. The highest BCUT2D eigenvalue weighted by molar-refractivity contribution is 5.94. The van der Waals surface area contributed by atoms with Gasteiger partial charge in [-0.05, 0) is 85.3 Å². The van der Waals surface area contributed by atoms with Gasteiger partial charge in [-0.1, -0.05) is 49.3 Å². The third kappa shape index (κ3) is 4.17. The number of ether oxygens (including phenoxy) is 1. The van der Waals surface area contributed by atoms with Crippen LogP contribution < -0.4 is 5.32 Å². The predicted octanol–water partition coefficient (Wildman–Crippen LogP) is 5.42. The summed E-state index contributed by atoms with van der Waals surface area (Å²) in [4.78, 5) is 36.9. The Morgan fingerprint density at radius 2 is 1.86 bits per heavy atom. The van der Waals surface area contributed by atoms with Gasteiger partial charge >= 0.3 is 5.97 Å². The Labute approximate surface area is 208 Å². The number of carbonyl (C=O) groups excluding carboxylic acids is 3. The average Bonchev–Trinajstić information content (AvgIpc) is 3.19. The molecule has 0 saturated heterocycles. The molecule has 1 aromatic rings. The largest absolute Gasteiger partial charge is 0.464 e. The minimum Gasteiger partial charge on any atom is -0.464 e. The lowest BCUT2D eigenvalue weighted by Crippen LogP contribution is -2.51. The summed E-state index contributed by atoms with van der Waals surface area (Å²) < 4.78 is 5.47. The van der Waals surface area contributed by atoms with Crippen LogP contribution in [-0.2, 0) is 14.3 Å². The van der Waals surface area contributed by atoms with Gasteiger partial charge in [-0.15, -0.1) is 0 Å². The van der Waals surface area contributed by atoms with Gasteiger partial charge in [0.15, 0.2) is 5.78 Å². The van der Waals surface area contributed by atoms with Crippen LogP contribution in [0.25, 0.3) is 0 Å². The summed E-state index contributed by atoms with van der Waals surface area (Å²) >= 11 is 0. The minimum absolute atomic E-state index is 0.0409. The zero-order valence-corrected chi connectivity index (χ0v) is 21.1. The highest BCUT2D eigenvalue weighted by Gasteiger charge is 2.57. The average molecular weight is 476 g/mol. The molecule has 5 rings (SSSR count). The van der Waals surface area contributed by atoms with Gasteiger partial charge in [0.1, 0.15) is 6.61 Å². The summed E-state index contributed by atoms with van der Waals surface area (Å²) in [5.41, 5.74) is 3.66. The van der Waals surface area contributed by atoms with Crippen LogP contribution in [0.15, 0.2) is 53.6 Å². The second-order valence-electron chi connectivity index (χ2n) is 11.5. The van der Waals surface area contributed by atoms with Gasteiger partial charge in [-0.3, -0.25) is 14.4 Å². The lowest BCUT2D eigenvalue weighted by Gasteiger charge is -2.55. The van der Waals surface area contributed by atoms with Gasteiger partial charge in [0.2, 0.25) is 0 Å². The van der Waals surface area contributed by atoms with Crippen molar-refractivity contribution in [2.24, 2.45) is 28.6 Å². The van der Waals surface area contributed by atoms with Crippen molar-refractivity contribution in [3.05, 3.63) is 59.2 Å². The fourth-order valence-electron chi connectivity index (χ4n) is 7.87. The van der Waals surface area contributed by atoms with Gasteiger partial charge in [0.25, 0.3) is 5.91 Å². The Hall–Kier alpha value is -2.69. The Bertz CT molecular complexity index is 1090. The second kappa shape index (κ2) is 9.07. The molecule has 0 bridgehead atoms. The molecule has 2 fully saturated rings. The molecule has 0 radical (unpaired) electrons. The zero-order chi connectivity index (χ0) is 24.8. The molecule has 1 N–H and O–H groups in total. The van der Waals surface area contributed by atoms with Crippen LogP contribution in [-0.4, -0.2) is 30.3 Å². The first-order valence-corrected chi connectivity index (χ1v) is 13.2. The maximum atomic E-state index is 13.1. The van der Waals surface area contributed by atoms with E-state index in [9.17, 15) is 14.4 Å². The van der Waals surface area contributed by atoms with E-state index >= 15 is 0 Å². The molecule has 186 valence electrons. The van der Waals surface area contributed by atoms with Crippen molar-refractivity contribution in [3.63, 3.8) is 0 Å². The van der Waals surface area contributed by atoms with Crippen molar-refractivity contribution >= 4 is 17.7 Å². The lowest BCUT2D eigenvalue weighted by atomic mass is 9.50. The number of amides is 1. The smallest absolute Gasteiger partial charge is 0.302 e. The Balaban J connectivity index is 1.41. The van der Waals surface area contributed by atoms with Crippen LogP contribution >= 0.6 is 0 Å². The Morgan fingerprint density at radius 1 is 1.09 bits per heavy atom. The van der Waals surface area contributed by atoms with Gasteiger partial charge < -0.3 is 10.1 Å². The van der Waals surface area contributed by atoms with Crippen LogP contribution in [0.4, 0.5) is 0 Å². The molecule has 4 aliphatic rings. The van der Waals surface area contributed by atoms with Crippen molar-refractivity contribution in [3.8, 4) is 0 Å². The first-order chi connectivity index (χ1) is 16.7. The van der Waals surface area contributed by atoms with E-state index in [1.54, 1.807) is 5.57 Å². The van der Waals surface area contributed by atoms with Crippen molar-refractivity contribution in [1.82, 2.24) is 5.32 Å². The SMILES string of the molecule is CC(=O)OCC(NC(=O)c1ccccc1)[C@H]1CC[C@H]2C3=CCC4=CC(=O)CC[C@]4(C)[C@H]3CC[C@]12C. The maximum absolute atomic E-state index is 13.1. The Morgan fingerprint density at radius 3 is 2.60 bits per heavy atom. The van der Waals surface area contributed by atoms with Crippen LogP contribution in [0.3, 0.4) is 0 Å². The molecule has 1 unspecified atom stereocenters. The van der Waals surface area contributed by atoms with Crippen molar-refractivity contribution in [2.75, 3.05) is 6.61 Å². The van der Waals surface area contributed by atoms with E-state index in [2.05, 4.69) is 25.2 Å². The van der Waals surface area contributed by atoms with E-state index in [1.807, 2.05) is 36.4 Å². The number of fused-ring (bicyclic) bond motifs is 5. The van der Waals surface area contributed by atoms with Gasteiger partial charge in [-0.2, -0.15) is 0 Å². The standard InChI is InChI=1S/C30H37NO4/c1-19(32)35-18-27(31-28(34)20-7-5-4-6-8-20)26-12-11-24-23-10-9-21-17-22(33)13-15-29(21,2)25(23)14-16-30(24,26)3/h4-8,10,17,24-27H,9,11-16,18H2,1-3H3,(H,31,34)/t24-,25-,26+,27?,29-,30-/m0/s1. The minimum atomic E-state index is -0.318. The number of carbonyl (C=O) groups is 3. The summed E-state index contributed by atoms with van der Waals surface area (Å²) in [5.74, 6) is 1.04. The predicted molar refractivity (Wildman–Crippen MR) is 135 cm³/mol. The van der Waals surface area contributed by atoms with Crippen LogP contribution in [0.5, 0.6) is 0 Å². The quantitative estimate of drug-likeness (QED) is 0.456. The summed E-state index contributed by atoms with van der Waals surface area (Å²) in [6.07, 6.45) is 11.1. The number of allylic oxidation sites excluding steroid dienone is 4. The number of esters is 1. The number of hydrogen-bond donors (Lipinski definition) is 1. The number of hydrogen-bond acceptors (Lipinski definition) is 4. The van der Waals surface area contributed by atoms with E-state index in [0.717, 1.165) is 38.5 Å². The highest BCUT2D eigenvalue weighted by Crippen LogP contribution is 2.65. The normalized spacial score (nSPS) is 34.5. The van der Waals surface area contributed by atoms with E-state index in [1.165, 1.54) is 12.5 Å². The van der Waals surface area contributed by atoms with E-state index < -0.39 is 0 Å². The molecule has 5 nitrogen and oxygen atoms in total. The fourth-order valence-corrected chi connectivity index (χ4v) is 7.87. The molecule has 0 heterocycles. The van der Waals surface area contributed by atoms with Gasteiger partial charge in [0, 0.05) is 18.9 Å². The van der Waals surface area contributed by atoms with E-state index in [0.29, 0.717) is 23.8 Å². The highest BCUT2D eigenvalue weighted by atomic mass is 16.5. The molecule has 0 aliphatic heterocycles. The lowest BCUT2D eigenvalue weighted by molar-refractivity contribution is -0.142. The molecule has 2 saturated carbocycles. The third-order valence-corrected chi connectivity index (χ3v) is 9.78. The Kier molecular flexibility index (Phi) is 6.23. The van der Waals surface area contributed by atoms with Crippen LogP contribution in [0, 0.1) is 28.6 Å².